The van der Waals surface area contributed by atoms with Crippen molar-refractivity contribution in [1.82, 2.24) is 4.90 Å². The first-order valence-electron chi connectivity index (χ1n) is 3.21. The Kier molecular flexibility index (Phi) is 1.56. The molecule has 0 bridgehead atoms. The van der Waals surface area contributed by atoms with Crippen molar-refractivity contribution in [3.63, 3.8) is 0 Å². The third kappa shape index (κ3) is 1.30. The summed E-state index contributed by atoms with van der Waals surface area (Å²) >= 11 is 0. The maximum Gasteiger partial charge on any atom is 0.255 e. The highest BCUT2D eigenvalue weighted by atomic mass is 16.3. The highest BCUT2D eigenvalue weighted by Crippen LogP contribution is 2.15. The van der Waals surface area contributed by atoms with Crippen molar-refractivity contribution in [2.75, 3.05) is 0 Å². The lowest BCUT2D eigenvalue weighted by atomic mass is 10.2. The van der Waals surface area contributed by atoms with Gasteiger partial charge in [0.1, 0.15) is 5.72 Å². The second kappa shape index (κ2) is 2.17. The number of carbonyl (C=O) groups is 2. The molecule has 0 fully saturated rings. The molecule has 0 radical (unpaired) electrons. The Hall–Kier alpha value is -1.16. The monoisotopic (exact) mass is 155 g/mol. The number of hydrogen-bond acceptors (Lipinski definition) is 3. The maximum absolute atomic E-state index is 10.9. The van der Waals surface area contributed by atoms with Gasteiger partial charge >= 0.3 is 0 Å². The van der Waals surface area contributed by atoms with Gasteiger partial charge < -0.3 is 5.11 Å². The number of amides is 2. The van der Waals surface area contributed by atoms with Crippen molar-refractivity contribution < 1.29 is 14.7 Å². The molecule has 0 aromatic rings. The van der Waals surface area contributed by atoms with Crippen molar-refractivity contribution in [1.29, 1.82) is 0 Å². The lowest BCUT2D eigenvalue weighted by Crippen LogP contribution is -2.47. The summed E-state index contributed by atoms with van der Waals surface area (Å²) in [6.45, 7) is 2.77. The molecule has 4 heteroatoms. The number of aliphatic hydroxyl groups is 1. The van der Waals surface area contributed by atoms with E-state index in [2.05, 4.69) is 0 Å². The van der Waals surface area contributed by atoms with E-state index in [0.717, 1.165) is 17.1 Å². The highest BCUT2D eigenvalue weighted by Gasteiger charge is 2.35. The average molecular weight is 155 g/mol. The molecule has 60 valence electrons. The fourth-order valence-electron chi connectivity index (χ4n) is 0.940. The van der Waals surface area contributed by atoms with Gasteiger partial charge in [-0.3, -0.25) is 9.59 Å². The van der Waals surface area contributed by atoms with Gasteiger partial charge in [-0.15, -0.1) is 0 Å². The summed E-state index contributed by atoms with van der Waals surface area (Å²) in [7, 11) is 0. The number of imide groups is 1. The Morgan fingerprint density at radius 3 is 1.82 bits per heavy atom. The molecule has 0 saturated heterocycles. The second-order valence-electron chi connectivity index (χ2n) is 2.84. The van der Waals surface area contributed by atoms with Crippen LogP contribution in [0.5, 0.6) is 0 Å². The van der Waals surface area contributed by atoms with Crippen LogP contribution in [0, 0.1) is 0 Å². The van der Waals surface area contributed by atoms with Crippen LogP contribution in [-0.2, 0) is 9.59 Å². The molecule has 2 amide bonds. The summed E-state index contributed by atoms with van der Waals surface area (Å²) in [6, 6.07) is 0. The van der Waals surface area contributed by atoms with Crippen LogP contribution in [0.1, 0.15) is 13.8 Å². The standard InChI is InChI=1S/C7H9NO3/c1-7(2,11)8-5(9)3-4-6(8)10/h3-4,11H,1-2H3. The SMILES string of the molecule is CC(C)(O)N1C(=O)C=CC1=O. The topological polar surface area (TPSA) is 57.6 Å². The number of carbonyl (C=O) groups excluding carboxylic acids is 2. The zero-order valence-corrected chi connectivity index (χ0v) is 6.37. The second-order valence-corrected chi connectivity index (χ2v) is 2.84. The van der Waals surface area contributed by atoms with Gasteiger partial charge in [0.25, 0.3) is 11.8 Å². The summed E-state index contributed by atoms with van der Waals surface area (Å²) in [5.74, 6) is -0.940. The van der Waals surface area contributed by atoms with E-state index in [1.54, 1.807) is 0 Å². The third-order valence-corrected chi connectivity index (χ3v) is 1.36. The first kappa shape index (κ1) is 7.94. The van der Waals surface area contributed by atoms with Crippen LogP contribution in [0.4, 0.5) is 0 Å². The molecule has 1 aliphatic heterocycles. The van der Waals surface area contributed by atoms with E-state index >= 15 is 0 Å². The van der Waals surface area contributed by atoms with E-state index < -0.39 is 17.5 Å². The Bertz CT molecular complexity index is 219. The average Bonchev–Trinajstić information content (AvgIpc) is 2.08. The van der Waals surface area contributed by atoms with Gasteiger partial charge in [-0.2, -0.15) is 0 Å². The molecule has 0 aliphatic carbocycles. The largest absolute Gasteiger partial charge is 0.371 e. The molecule has 0 unspecified atom stereocenters. The van der Waals surface area contributed by atoms with Gasteiger partial charge in [0.2, 0.25) is 0 Å². The van der Waals surface area contributed by atoms with Crippen LogP contribution >= 0.6 is 0 Å². The molecule has 1 heterocycles. The van der Waals surface area contributed by atoms with Crippen molar-refractivity contribution in [3.8, 4) is 0 Å². The van der Waals surface area contributed by atoms with Crippen LogP contribution in [0.3, 0.4) is 0 Å². The molecule has 0 atom stereocenters. The van der Waals surface area contributed by atoms with E-state index in [1.165, 1.54) is 13.8 Å². The highest BCUT2D eigenvalue weighted by molar-refractivity contribution is 6.13. The van der Waals surface area contributed by atoms with Gasteiger partial charge in [0.15, 0.2) is 0 Å². The Labute approximate surface area is 64.1 Å². The molecule has 4 nitrogen and oxygen atoms in total. The van der Waals surface area contributed by atoms with Gasteiger partial charge in [-0.25, -0.2) is 4.90 Å². The summed E-state index contributed by atoms with van der Waals surface area (Å²) in [5.41, 5.74) is -1.41. The van der Waals surface area contributed by atoms with E-state index in [-0.39, 0.29) is 0 Å². The minimum Gasteiger partial charge on any atom is -0.371 e. The molecule has 11 heavy (non-hydrogen) atoms. The lowest BCUT2D eigenvalue weighted by Gasteiger charge is -2.27. The minimum absolute atomic E-state index is 0.470. The predicted molar refractivity (Wildman–Crippen MR) is 37.3 cm³/mol. The summed E-state index contributed by atoms with van der Waals surface area (Å²) in [6.07, 6.45) is 2.28. The van der Waals surface area contributed by atoms with Crippen molar-refractivity contribution in [2.45, 2.75) is 19.6 Å². The molecule has 1 rings (SSSR count). The van der Waals surface area contributed by atoms with Gasteiger partial charge in [-0.1, -0.05) is 0 Å². The molecule has 1 aliphatic rings. The van der Waals surface area contributed by atoms with Crippen molar-refractivity contribution in [2.24, 2.45) is 0 Å². The zero-order chi connectivity index (χ0) is 8.65. The van der Waals surface area contributed by atoms with Gasteiger partial charge in [0, 0.05) is 12.2 Å². The molecular weight excluding hydrogens is 146 g/mol. The van der Waals surface area contributed by atoms with Gasteiger partial charge in [0.05, 0.1) is 0 Å². The van der Waals surface area contributed by atoms with Crippen molar-refractivity contribution >= 4 is 11.8 Å². The predicted octanol–water partition coefficient (Wildman–Crippen LogP) is -0.360. The molecular formula is C7H9NO3. The summed E-state index contributed by atoms with van der Waals surface area (Å²) in [4.78, 5) is 22.6. The summed E-state index contributed by atoms with van der Waals surface area (Å²) < 4.78 is 0. The Morgan fingerprint density at radius 1 is 1.27 bits per heavy atom. The normalized spacial score (nSPS) is 18.3. The lowest BCUT2D eigenvalue weighted by molar-refractivity contribution is -0.158. The van der Waals surface area contributed by atoms with Crippen LogP contribution in [0.2, 0.25) is 0 Å². The fourth-order valence-corrected chi connectivity index (χ4v) is 0.940. The maximum atomic E-state index is 10.9. The summed E-state index contributed by atoms with van der Waals surface area (Å²) in [5, 5.41) is 9.30. The van der Waals surface area contributed by atoms with Crippen LogP contribution in [-0.4, -0.2) is 27.5 Å². The minimum atomic E-state index is -1.41. The first-order chi connectivity index (χ1) is 4.93. The number of nitrogens with zero attached hydrogens (tertiary/aromatic N) is 1. The number of rotatable bonds is 1. The molecule has 0 spiro atoms. The number of hydrogen-bond donors (Lipinski definition) is 1. The first-order valence-corrected chi connectivity index (χ1v) is 3.21. The van der Waals surface area contributed by atoms with Crippen LogP contribution in [0.25, 0.3) is 0 Å². The van der Waals surface area contributed by atoms with E-state index in [1.807, 2.05) is 0 Å². The van der Waals surface area contributed by atoms with E-state index in [0.29, 0.717) is 0 Å². The molecule has 0 aromatic heterocycles. The van der Waals surface area contributed by atoms with Crippen LogP contribution < -0.4 is 0 Å². The zero-order valence-electron chi connectivity index (χ0n) is 6.37. The Morgan fingerprint density at radius 2 is 1.64 bits per heavy atom. The Balaban J connectivity index is 2.91. The molecule has 0 aromatic carbocycles. The van der Waals surface area contributed by atoms with E-state index in [4.69, 9.17) is 0 Å². The van der Waals surface area contributed by atoms with E-state index in [9.17, 15) is 14.7 Å². The fraction of sp³-hybridized carbons (Fsp3) is 0.429. The van der Waals surface area contributed by atoms with Crippen LogP contribution in [0.15, 0.2) is 12.2 Å². The van der Waals surface area contributed by atoms with Crippen molar-refractivity contribution in [3.05, 3.63) is 12.2 Å². The molecule has 1 N–H and O–H groups in total. The van der Waals surface area contributed by atoms with Gasteiger partial charge in [-0.05, 0) is 13.8 Å². The molecule has 0 saturated carbocycles. The third-order valence-electron chi connectivity index (χ3n) is 1.36. The quantitative estimate of drug-likeness (QED) is 0.526. The smallest absolute Gasteiger partial charge is 0.255 e.